The fraction of sp³-hybridized carbons (Fsp3) is 0.200. The molecule has 1 aromatic heterocycles. The monoisotopic (exact) mass is 388 g/mol. The lowest BCUT2D eigenvalue weighted by Gasteiger charge is -2.13. The third kappa shape index (κ3) is 3.87. The average molecular weight is 389 g/mol. The molecule has 0 unspecified atom stereocenters. The molecule has 0 aliphatic heterocycles. The Hall–Kier alpha value is -1.67. The summed E-state index contributed by atoms with van der Waals surface area (Å²) in [5.74, 6) is -0.393. The van der Waals surface area contributed by atoms with Crippen molar-refractivity contribution in [3.05, 3.63) is 62.5 Å². The fourth-order valence-electron chi connectivity index (χ4n) is 1.91. The van der Waals surface area contributed by atoms with E-state index in [0.29, 0.717) is 5.02 Å². The Labute approximate surface area is 149 Å². The predicted octanol–water partition coefficient (Wildman–Crippen LogP) is 2.29. The maximum absolute atomic E-state index is 12.3. The van der Waals surface area contributed by atoms with Crippen LogP contribution in [-0.4, -0.2) is 37.2 Å². The van der Waals surface area contributed by atoms with Gasteiger partial charge in [-0.2, -0.15) is 0 Å². The van der Waals surface area contributed by atoms with Crippen LogP contribution in [0.1, 0.15) is 10.4 Å². The van der Waals surface area contributed by atoms with Gasteiger partial charge in [0.15, 0.2) is 5.78 Å². The molecule has 1 aromatic carbocycles. The number of halogens is 2. The van der Waals surface area contributed by atoms with Gasteiger partial charge in [-0.05, 0) is 24.3 Å². The number of rotatable bonds is 5. The van der Waals surface area contributed by atoms with Gasteiger partial charge in [-0.25, -0.2) is 12.7 Å². The van der Waals surface area contributed by atoms with E-state index in [0.717, 1.165) is 21.1 Å². The van der Waals surface area contributed by atoms with Crippen molar-refractivity contribution in [3.63, 3.8) is 0 Å². The molecule has 0 aliphatic rings. The van der Waals surface area contributed by atoms with Crippen LogP contribution >= 0.6 is 23.2 Å². The van der Waals surface area contributed by atoms with Gasteiger partial charge in [0.25, 0.3) is 5.56 Å². The van der Waals surface area contributed by atoms with Crippen molar-refractivity contribution < 1.29 is 13.2 Å². The zero-order chi connectivity index (χ0) is 18.1. The average Bonchev–Trinajstić information content (AvgIpc) is 2.51. The number of nitrogens with zero attached hydrogens (tertiary/aromatic N) is 2. The highest BCUT2D eigenvalue weighted by Gasteiger charge is 2.19. The molecule has 0 N–H and O–H groups in total. The van der Waals surface area contributed by atoms with Crippen molar-refractivity contribution in [3.8, 4) is 0 Å². The van der Waals surface area contributed by atoms with Crippen molar-refractivity contribution in [2.45, 2.75) is 11.4 Å². The summed E-state index contributed by atoms with van der Waals surface area (Å²) in [6.45, 7) is -0.312. The zero-order valence-corrected chi connectivity index (χ0v) is 15.2. The van der Waals surface area contributed by atoms with Crippen LogP contribution in [0.3, 0.4) is 0 Å². The Morgan fingerprint density at radius 2 is 1.79 bits per heavy atom. The molecule has 0 saturated heterocycles. The Balaban J connectivity index is 2.37. The number of ketones is 1. The molecular formula is C15H14Cl2N2O4S. The SMILES string of the molecule is CN(C)S(=O)(=O)c1ccc(=O)n(CC(=O)c2ccc(Cl)c(Cl)c2)c1. The number of Topliss-reactive ketones (excluding diaryl/α,β-unsaturated/α-hetero) is 1. The second-order valence-electron chi connectivity index (χ2n) is 5.17. The summed E-state index contributed by atoms with van der Waals surface area (Å²) < 4.78 is 26.3. The quantitative estimate of drug-likeness (QED) is 0.736. The maximum Gasteiger partial charge on any atom is 0.251 e. The van der Waals surface area contributed by atoms with Crippen LogP contribution in [0.5, 0.6) is 0 Å². The Morgan fingerprint density at radius 1 is 1.12 bits per heavy atom. The van der Waals surface area contributed by atoms with E-state index in [1.54, 1.807) is 0 Å². The standard InChI is InChI=1S/C15H14Cl2N2O4S/c1-18(2)24(22,23)11-4-6-15(21)19(8-11)9-14(20)10-3-5-12(16)13(17)7-10/h3-8H,9H2,1-2H3. The zero-order valence-electron chi connectivity index (χ0n) is 12.9. The molecule has 128 valence electrons. The van der Waals surface area contributed by atoms with Gasteiger partial charge in [0, 0.05) is 31.9 Å². The molecule has 1 heterocycles. The summed E-state index contributed by atoms with van der Waals surface area (Å²) in [6, 6.07) is 6.68. The largest absolute Gasteiger partial charge is 0.306 e. The van der Waals surface area contributed by atoms with E-state index in [9.17, 15) is 18.0 Å². The minimum atomic E-state index is -3.71. The molecule has 0 aliphatic carbocycles. The number of carbonyl (C=O) groups excluding carboxylic acids is 1. The van der Waals surface area contributed by atoms with E-state index in [2.05, 4.69) is 0 Å². The molecule has 0 bridgehead atoms. The van der Waals surface area contributed by atoms with Crippen LogP contribution in [-0.2, 0) is 16.6 Å². The summed E-state index contributed by atoms with van der Waals surface area (Å²) in [5, 5.41) is 0.531. The number of hydrogen-bond acceptors (Lipinski definition) is 4. The van der Waals surface area contributed by atoms with E-state index in [-0.39, 0.29) is 22.0 Å². The number of aromatic nitrogens is 1. The predicted molar refractivity (Wildman–Crippen MR) is 92.4 cm³/mol. The summed E-state index contributed by atoms with van der Waals surface area (Å²) in [5.41, 5.74) is -0.210. The summed E-state index contributed by atoms with van der Waals surface area (Å²) >= 11 is 11.7. The van der Waals surface area contributed by atoms with Gasteiger partial charge in [-0.15, -0.1) is 0 Å². The Kier molecular flexibility index (Phi) is 5.49. The van der Waals surface area contributed by atoms with Gasteiger partial charge in [0.2, 0.25) is 10.0 Å². The fourth-order valence-corrected chi connectivity index (χ4v) is 3.13. The first-order chi connectivity index (χ1) is 11.1. The number of benzene rings is 1. The second-order valence-corrected chi connectivity index (χ2v) is 8.14. The molecule has 0 saturated carbocycles. The molecule has 0 radical (unpaired) electrons. The second kappa shape index (κ2) is 7.06. The first kappa shape index (κ1) is 18.7. The number of sulfonamides is 1. The minimum absolute atomic E-state index is 0.0750. The Bertz CT molecular complexity index is 952. The highest BCUT2D eigenvalue weighted by Crippen LogP contribution is 2.23. The highest BCUT2D eigenvalue weighted by molar-refractivity contribution is 7.89. The first-order valence-electron chi connectivity index (χ1n) is 6.74. The third-order valence-corrected chi connectivity index (χ3v) is 5.83. The van der Waals surface area contributed by atoms with Crippen LogP contribution < -0.4 is 5.56 Å². The van der Waals surface area contributed by atoms with Crippen molar-refractivity contribution in [1.29, 1.82) is 0 Å². The van der Waals surface area contributed by atoms with E-state index < -0.39 is 21.4 Å². The summed E-state index contributed by atoms with van der Waals surface area (Å²) in [7, 11) is -0.944. The van der Waals surface area contributed by atoms with Crippen molar-refractivity contribution in [2.75, 3.05) is 14.1 Å². The molecule has 0 spiro atoms. The molecule has 2 aromatic rings. The maximum atomic E-state index is 12.3. The molecule has 0 atom stereocenters. The summed E-state index contributed by atoms with van der Waals surface area (Å²) in [6.07, 6.45) is 1.15. The Morgan fingerprint density at radius 3 is 2.38 bits per heavy atom. The van der Waals surface area contributed by atoms with E-state index in [1.807, 2.05) is 0 Å². The van der Waals surface area contributed by atoms with Gasteiger partial charge in [0.1, 0.15) is 0 Å². The van der Waals surface area contributed by atoms with E-state index >= 15 is 0 Å². The van der Waals surface area contributed by atoms with Crippen LogP contribution in [0.4, 0.5) is 0 Å². The van der Waals surface area contributed by atoms with Crippen molar-refractivity contribution in [1.82, 2.24) is 8.87 Å². The lowest BCUT2D eigenvalue weighted by atomic mass is 10.1. The van der Waals surface area contributed by atoms with Crippen LogP contribution in [0.25, 0.3) is 0 Å². The van der Waals surface area contributed by atoms with Gasteiger partial charge < -0.3 is 4.57 Å². The molecule has 0 fully saturated rings. The summed E-state index contributed by atoms with van der Waals surface area (Å²) in [4.78, 5) is 24.1. The lowest BCUT2D eigenvalue weighted by molar-refractivity contribution is 0.0970. The number of pyridine rings is 1. The minimum Gasteiger partial charge on any atom is -0.306 e. The number of carbonyl (C=O) groups is 1. The number of hydrogen-bond donors (Lipinski definition) is 0. The topological polar surface area (TPSA) is 76.5 Å². The molecule has 6 nitrogen and oxygen atoms in total. The van der Waals surface area contributed by atoms with Crippen LogP contribution in [0.2, 0.25) is 10.0 Å². The molecule has 0 amide bonds. The van der Waals surface area contributed by atoms with Crippen molar-refractivity contribution in [2.24, 2.45) is 0 Å². The third-order valence-electron chi connectivity index (χ3n) is 3.29. The van der Waals surface area contributed by atoms with Gasteiger partial charge >= 0.3 is 0 Å². The normalized spacial score (nSPS) is 11.7. The smallest absolute Gasteiger partial charge is 0.251 e. The molecular weight excluding hydrogens is 375 g/mol. The highest BCUT2D eigenvalue weighted by atomic mass is 35.5. The van der Waals surface area contributed by atoms with E-state index in [1.165, 1.54) is 38.4 Å². The first-order valence-corrected chi connectivity index (χ1v) is 8.94. The van der Waals surface area contributed by atoms with Crippen molar-refractivity contribution >= 4 is 39.0 Å². The molecule has 9 heteroatoms. The molecule has 24 heavy (non-hydrogen) atoms. The molecule has 2 rings (SSSR count). The van der Waals surface area contributed by atoms with E-state index in [4.69, 9.17) is 23.2 Å². The van der Waals surface area contributed by atoms with Gasteiger partial charge in [0.05, 0.1) is 21.5 Å². The van der Waals surface area contributed by atoms with Gasteiger partial charge in [-0.1, -0.05) is 23.2 Å². The van der Waals surface area contributed by atoms with Crippen LogP contribution in [0.15, 0.2) is 46.2 Å². The van der Waals surface area contributed by atoms with Crippen LogP contribution in [0, 0.1) is 0 Å². The van der Waals surface area contributed by atoms with Gasteiger partial charge in [-0.3, -0.25) is 9.59 Å². The lowest BCUT2D eigenvalue weighted by Crippen LogP contribution is -2.27.